The average molecular weight is 396 g/mol. The zero-order valence-corrected chi connectivity index (χ0v) is 16.7. The largest absolute Gasteiger partial charge is 0.445 e. The van der Waals surface area contributed by atoms with E-state index in [1.54, 1.807) is 12.3 Å². The second-order valence-electron chi connectivity index (χ2n) is 8.40. The van der Waals surface area contributed by atoms with Crippen LogP contribution in [-0.2, 0) is 11.3 Å². The molecule has 1 aromatic heterocycles. The SMILES string of the molecule is Cc1nccc(NC(O)C23CCCC(NC(=O)OCc4ccccc4)(CC2)C3)n1. The Bertz CT molecular complexity index is 862. The van der Waals surface area contributed by atoms with E-state index in [1.807, 2.05) is 37.3 Å². The number of aliphatic hydroxyl groups excluding tert-OH is 1. The first-order chi connectivity index (χ1) is 14.0. The standard InChI is InChI=1S/C22H28N4O3/c1-16-23-13-8-18(24-16)25-19(27)21-9-5-10-22(15-21,12-11-21)26-20(28)29-14-17-6-3-2-4-7-17/h2-4,6-8,13,19,27H,5,9-12,14-15H2,1H3,(H,26,28)(H,23,24,25). The summed E-state index contributed by atoms with van der Waals surface area (Å²) in [6, 6.07) is 11.4. The molecule has 7 heteroatoms. The van der Waals surface area contributed by atoms with E-state index in [4.69, 9.17) is 4.74 Å². The number of aliphatic hydroxyl groups is 1. The van der Waals surface area contributed by atoms with Crippen LogP contribution in [0.4, 0.5) is 10.6 Å². The van der Waals surface area contributed by atoms with Gasteiger partial charge < -0.3 is 20.5 Å². The fraction of sp³-hybridized carbons (Fsp3) is 0.500. The van der Waals surface area contributed by atoms with Gasteiger partial charge in [-0.2, -0.15) is 0 Å². The van der Waals surface area contributed by atoms with Crippen LogP contribution in [0.15, 0.2) is 42.6 Å². The molecule has 154 valence electrons. The predicted octanol–water partition coefficient (Wildman–Crippen LogP) is 3.53. The molecular formula is C22H28N4O3. The molecule has 0 spiro atoms. The molecule has 3 N–H and O–H groups in total. The summed E-state index contributed by atoms with van der Waals surface area (Å²) < 4.78 is 5.43. The van der Waals surface area contributed by atoms with Crippen LogP contribution in [0.1, 0.15) is 49.9 Å². The van der Waals surface area contributed by atoms with Crippen molar-refractivity contribution in [2.45, 2.75) is 63.8 Å². The van der Waals surface area contributed by atoms with Gasteiger partial charge in [-0.15, -0.1) is 0 Å². The molecule has 3 atom stereocenters. The second kappa shape index (κ2) is 7.99. The number of ether oxygens (including phenoxy) is 1. The summed E-state index contributed by atoms with van der Waals surface area (Å²) in [7, 11) is 0. The number of aryl methyl sites for hydroxylation is 1. The third kappa shape index (κ3) is 4.34. The maximum absolute atomic E-state index is 12.4. The Morgan fingerprint density at radius 3 is 2.83 bits per heavy atom. The number of hydrogen-bond donors (Lipinski definition) is 3. The number of amides is 1. The summed E-state index contributed by atoms with van der Waals surface area (Å²) in [5.41, 5.74) is 0.379. The average Bonchev–Trinajstić information content (AvgIpc) is 2.98. The van der Waals surface area contributed by atoms with Gasteiger partial charge in [-0.3, -0.25) is 0 Å². The Balaban J connectivity index is 1.37. The van der Waals surface area contributed by atoms with Gasteiger partial charge in [0, 0.05) is 17.2 Å². The summed E-state index contributed by atoms with van der Waals surface area (Å²) in [6.45, 7) is 2.08. The third-order valence-electron chi connectivity index (χ3n) is 6.34. The van der Waals surface area contributed by atoms with Crippen LogP contribution in [0.25, 0.3) is 0 Å². The van der Waals surface area contributed by atoms with E-state index in [0.29, 0.717) is 11.6 Å². The quantitative estimate of drug-likeness (QED) is 0.647. The van der Waals surface area contributed by atoms with Crippen molar-refractivity contribution in [3.8, 4) is 0 Å². The van der Waals surface area contributed by atoms with Crippen LogP contribution in [0.3, 0.4) is 0 Å². The maximum Gasteiger partial charge on any atom is 0.407 e. The Hall–Kier alpha value is -2.67. The van der Waals surface area contributed by atoms with E-state index >= 15 is 0 Å². The molecule has 0 aliphatic heterocycles. The van der Waals surface area contributed by atoms with Crippen LogP contribution >= 0.6 is 0 Å². The number of aromatic nitrogens is 2. The van der Waals surface area contributed by atoms with E-state index < -0.39 is 6.23 Å². The minimum Gasteiger partial charge on any atom is -0.445 e. The molecule has 4 rings (SSSR count). The van der Waals surface area contributed by atoms with Crippen molar-refractivity contribution in [3.63, 3.8) is 0 Å². The number of rotatable bonds is 6. The van der Waals surface area contributed by atoms with E-state index in [0.717, 1.165) is 44.1 Å². The fourth-order valence-corrected chi connectivity index (χ4v) is 4.89. The lowest BCUT2D eigenvalue weighted by atomic mass is 9.71. The fourth-order valence-electron chi connectivity index (χ4n) is 4.89. The normalized spacial score (nSPS) is 26.6. The zero-order valence-electron chi connectivity index (χ0n) is 16.7. The Kier molecular flexibility index (Phi) is 5.41. The summed E-state index contributed by atoms with van der Waals surface area (Å²) in [5.74, 6) is 1.28. The number of hydrogen-bond acceptors (Lipinski definition) is 6. The number of carbonyl (C=O) groups is 1. The maximum atomic E-state index is 12.4. The molecule has 2 saturated carbocycles. The molecule has 29 heavy (non-hydrogen) atoms. The third-order valence-corrected chi connectivity index (χ3v) is 6.34. The lowest BCUT2D eigenvalue weighted by molar-refractivity contribution is 0.0183. The molecule has 2 fully saturated rings. The van der Waals surface area contributed by atoms with E-state index in [9.17, 15) is 9.90 Å². The predicted molar refractivity (Wildman–Crippen MR) is 109 cm³/mol. The van der Waals surface area contributed by atoms with Gasteiger partial charge in [0.15, 0.2) is 0 Å². The van der Waals surface area contributed by atoms with Crippen molar-refractivity contribution < 1.29 is 14.6 Å². The topological polar surface area (TPSA) is 96.4 Å². The number of anilines is 1. The highest BCUT2D eigenvalue weighted by Gasteiger charge is 2.55. The molecule has 1 amide bonds. The molecule has 0 radical (unpaired) electrons. The number of nitrogens with one attached hydrogen (secondary N) is 2. The van der Waals surface area contributed by atoms with E-state index in [2.05, 4.69) is 20.6 Å². The minimum atomic E-state index is -0.721. The number of benzene rings is 1. The van der Waals surface area contributed by atoms with Crippen molar-refractivity contribution >= 4 is 11.9 Å². The molecule has 1 aromatic carbocycles. The van der Waals surface area contributed by atoms with Crippen molar-refractivity contribution in [1.29, 1.82) is 0 Å². The van der Waals surface area contributed by atoms with Crippen molar-refractivity contribution in [2.24, 2.45) is 5.41 Å². The summed E-state index contributed by atoms with van der Waals surface area (Å²) in [6.07, 6.45) is 5.79. The first-order valence-electron chi connectivity index (χ1n) is 10.2. The highest BCUT2D eigenvalue weighted by atomic mass is 16.5. The molecule has 0 saturated heterocycles. The van der Waals surface area contributed by atoms with Crippen molar-refractivity contribution in [2.75, 3.05) is 5.32 Å². The van der Waals surface area contributed by atoms with Crippen LogP contribution in [0, 0.1) is 12.3 Å². The van der Waals surface area contributed by atoms with Gasteiger partial charge in [0.1, 0.15) is 24.5 Å². The van der Waals surface area contributed by atoms with Gasteiger partial charge in [0.2, 0.25) is 0 Å². The van der Waals surface area contributed by atoms with Gasteiger partial charge in [-0.25, -0.2) is 14.8 Å². The van der Waals surface area contributed by atoms with Crippen molar-refractivity contribution in [3.05, 3.63) is 54.0 Å². The Morgan fingerprint density at radius 1 is 1.21 bits per heavy atom. The van der Waals surface area contributed by atoms with E-state index in [-0.39, 0.29) is 23.7 Å². The van der Waals surface area contributed by atoms with Crippen LogP contribution in [0.5, 0.6) is 0 Å². The molecule has 2 aliphatic rings. The van der Waals surface area contributed by atoms with Crippen LogP contribution < -0.4 is 10.6 Å². The molecule has 2 bridgehead atoms. The summed E-state index contributed by atoms with van der Waals surface area (Å²) in [4.78, 5) is 20.9. The summed E-state index contributed by atoms with van der Waals surface area (Å²) in [5, 5.41) is 17.3. The highest BCUT2D eigenvalue weighted by Crippen LogP contribution is 2.55. The zero-order chi connectivity index (χ0) is 20.3. The first kappa shape index (κ1) is 19.6. The lowest BCUT2D eigenvalue weighted by Gasteiger charge is -2.42. The molecule has 1 heterocycles. The van der Waals surface area contributed by atoms with Gasteiger partial charge in [0.05, 0.1) is 0 Å². The molecular weight excluding hydrogens is 368 g/mol. The highest BCUT2D eigenvalue weighted by molar-refractivity contribution is 5.68. The van der Waals surface area contributed by atoms with Gasteiger partial charge >= 0.3 is 6.09 Å². The summed E-state index contributed by atoms with van der Waals surface area (Å²) >= 11 is 0. The van der Waals surface area contributed by atoms with Gasteiger partial charge in [0.25, 0.3) is 0 Å². The number of fused-ring (bicyclic) bond motifs is 2. The Labute approximate surface area is 170 Å². The number of carbonyl (C=O) groups excluding carboxylic acids is 1. The van der Waals surface area contributed by atoms with Gasteiger partial charge in [-0.05, 0) is 50.7 Å². The van der Waals surface area contributed by atoms with Gasteiger partial charge in [-0.1, -0.05) is 36.8 Å². The minimum absolute atomic E-state index is 0.255. The van der Waals surface area contributed by atoms with Crippen LogP contribution in [0.2, 0.25) is 0 Å². The lowest BCUT2D eigenvalue weighted by Crippen LogP contribution is -2.51. The Morgan fingerprint density at radius 2 is 2.03 bits per heavy atom. The smallest absolute Gasteiger partial charge is 0.407 e. The number of alkyl carbamates (subject to hydrolysis) is 1. The molecule has 7 nitrogen and oxygen atoms in total. The monoisotopic (exact) mass is 396 g/mol. The first-order valence-corrected chi connectivity index (χ1v) is 10.2. The molecule has 2 aliphatic carbocycles. The molecule has 2 aromatic rings. The second-order valence-corrected chi connectivity index (χ2v) is 8.40. The van der Waals surface area contributed by atoms with Crippen LogP contribution in [-0.4, -0.2) is 32.9 Å². The molecule has 3 unspecified atom stereocenters. The van der Waals surface area contributed by atoms with E-state index in [1.165, 1.54) is 0 Å². The number of nitrogens with zero attached hydrogens (tertiary/aromatic N) is 2. The van der Waals surface area contributed by atoms with Crippen molar-refractivity contribution in [1.82, 2.24) is 15.3 Å².